The first-order chi connectivity index (χ1) is 12.7. The number of aromatic amines is 1. The third-order valence-corrected chi connectivity index (χ3v) is 8.01. The van der Waals surface area contributed by atoms with E-state index in [9.17, 15) is 0 Å². The molecule has 1 aromatic carbocycles. The van der Waals surface area contributed by atoms with E-state index in [1.54, 1.807) is 5.56 Å². The molecule has 0 amide bonds. The summed E-state index contributed by atoms with van der Waals surface area (Å²) in [6.07, 6.45) is 8.08. The molecule has 5 rings (SSSR count). The van der Waals surface area contributed by atoms with Crippen LogP contribution >= 0.6 is 11.6 Å². The van der Waals surface area contributed by atoms with Crippen molar-refractivity contribution in [3.8, 4) is 0 Å². The second-order valence-corrected chi connectivity index (χ2v) is 9.21. The van der Waals surface area contributed by atoms with Gasteiger partial charge in [0.15, 0.2) is 0 Å². The zero-order valence-electron chi connectivity index (χ0n) is 16.1. The van der Waals surface area contributed by atoms with Crippen LogP contribution in [-0.4, -0.2) is 29.0 Å². The molecular formula is C23H31ClN2. The number of hydrogen-bond donors (Lipinski definition) is 1. The maximum Gasteiger partial charge on any atom is 0.0648 e. The molecule has 0 radical (unpaired) electrons. The summed E-state index contributed by atoms with van der Waals surface area (Å²) in [5, 5.41) is 2.29. The zero-order valence-corrected chi connectivity index (χ0v) is 16.9. The van der Waals surface area contributed by atoms with Gasteiger partial charge in [-0.1, -0.05) is 44.0 Å². The predicted octanol–water partition coefficient (Wildman–Crippen LogP) is 6.31. The van der Waals surface area contributed by atoms with Gasteiger partial charge < -0.3 is 9.88 Å². The Labute approximate surface area is 162 Å². The smallest absolute Gasteiger partial charge is 0.0648 e. The van der Waals surface area contributed by atoms with E-state index in [1.165, 1.54) is 68.2 Å². The van der Waals surface area contributed by atoms with Gasteiger partial charge in [0.05, 0.1) is 10.5 Å². The Morgan fingerprint density at radius 3 is 2.88 bits per heavy atom. The monoisotopic (exact) mass is 370 g/mol. The van der Waals surface area contributed by atoms with Crippen molar-refractivity contribution in [3.05, 3.63) is 34.5 Å². The second kappa shape index (κ2) is 6.56. The van der Waals surface area contributed by atoms with Crippen LogP contribution < -0.4 is 0 Å². The lowest BCUT2D eigenvalue weighted by Crippen LogP contribution is -2.55. The number of nitrogens with zero attached hydrogens (tertiary/aromatic N) is 1. The largest absolute Gasteiger partial charge is 0.357 e. The minimum absolute atomic E-state index is 0.680. The summed E-state index contributed by atoms with van der Waals surface area (Å²) in [6, 6.07) is 7.28. The van der Waals surface area contributed by atoms with Gasteiger partial charge in [-0.15, -0.1) is 0 Å². The number of aromatic nitrogens is 1. The van der Waals surface area contributed by atoms with Gasteiger partial charge in [0.2, 0.25) is 0 Å². The third kappa shape index (κ3) is 2.34. The van der Waals surface area contributed by atoms with E-state index < -0.39 is 0 Å². The van der Waals surface area contributed by atoms with Gasteiger partial charge in [-0.25, -0.2) is 0 Å². The van der Waals surface area contributed by atoms with Crippen LogP contribution in [0.5, 0.6) is 0 Å². The van der Waals surface area contributed by atoms with E-state index in [0.29, 0.717) is 5.92 Å². The molecule has 1 aliphatic heterocycles. The van der Waals surface area contributed by atoms with Crippen LogP contribution in [0.25, 0.3) is 10.9 Å². The van der Waals surface area contributed by atoms with Gasteiger partial charge in [0, 0.05) is 23.0 Å². The van der Waals surface area contributed by atoms with Crippen molar-refractivity contribution in [1.82, 2.24) is 9.88 Å². The van der Waals surface area contributed by atoms with Crippen LogP contribution in [-0.2, 0) is 0 Å². The Balaban J connectivity index is 1.68. The number of benzene rings is 1. The average molecular weight is 371 g/mol. The van der Waals surface area contributed by atoms with Crippen molar-refractivity contribution in [2.24, 2.45) is 11.8 Å². The molecule has 1 saturated heterocycles. The van der Waals surface area contributed by atoms with E-state index in [4.69, 9.17) is 11.6 Å². The Bertz CT molecular complexity index is 810. The zero-order chi connectivity index (χ0) is 17.8. The van der Waals surface area contributed by atoms with Gasteiger partial charge in [-0.05, 0) is 74.6 Å². The normalized spacial score (nSPS) is 33.9. The molecule has 1 N–H and O–H groups in total. The first-order valence-electron chi connectivity index (χ1n) is 10.8. The van der Waals surface area contributed by atoms with E-state index in [0.717, 1.165) is 28.8 Å². The quantitative estimate of drug-likeness (QED) is 0.670. The Morgan fingerprint density at radius 2 is 2.08 bits per heavy atom. The first-order valence-corrected chi connectivity index (χ1v) is 11.2. The number of rotatable bonds is 3. The molecule has 5 atom stereocenters. The number of likely N-dealkylation sites (tertiary alicyclic amines) is 1. The van der Waals surface area contributed by atoms with Crippen molar-refractivity contribution in [2.75, 3.05) is 13.1 Å². The van der Waals surface area contributed by atoms with Crippen LogP contribution in [0.1, 0.15) is 75.5 Å². The molecule has 1 saturated carbocycles. The molecule has 1 aromatic heterocycles. The molecular weight excluding hydrogens is 340 g/mol. The van der Waals surface area contributed by atoms with Crippen LogP contribution in [0.4, 0.5) is 0 Å². The van der Waals surface area contributed by atoms with E-state index in [-0.39, 0.29) is 0 Å². The summed E-state index contributed by atoms with van der Waals surface area (Å²) in [4.78, 5) is 6.65. The highest BCUT2D eigenvalue weighted by Gasteiger charge is 2.51. The maximum atomic E-state index is 6.58. The molecule has 0 bridgehead atoms. The average Bonchev–Trinajstić information content (AvgIpc) is 3.05. The van der Waals surface area contributed by atoms with Gasteiger partial charge in [0.25, 0.3) is 0 Å². The summed E-state index contributed by atoms with van der Waals surface area (Å²) >= 11 is 6.58. The van der Waals surface area contributed by atoms with Gasteiger partial charge in [-0.2, -0.15) is 0 Å². The minimum Gasteiger partial charge on any atom is -0.357 e. The molecule has 0 unspecified atom stereocenters. The lowest BCUT2D eigenvalue weighted by atomic mass is 9.56. The van der Waals surface area contributed by atoms with Crippen molar-refractivity contribution < 1.29 is 0 Å². The highest BCUT2D eigenvalue weighted by atomic mass is 35.5. The summed E-state index contributed by atoms with van der Waals surface area (Å²) in [6.45, 7) is 7.28. The number of piperidine rings is 1. The molecule has 26 heavy (non-hydrogen) atoms. The fraction of sp³-hybridized carbons (Fsp3) is 0.652. The third-order valence-electron chi connectivity index (χ3n) is 7.70. The van der Waals surface area contributed by atoms with E-state index in [2.05, 4.69) is 35.9 Å². The lowest BCUT2D eigenvalue weighted by Gasteiger charge is -2.56. The van der Waals surface area contributed by atoms with E-state index in [1.807, 2.05) is 6.07 Å². The Kier molecular flexibility index (Phi) is 4.32. The topological polar surface area (TPSA) is 19.0 Å². The lowest BCUT2D eigenvalue weighted by molar-refractivity contribution is -0.00740. The number of hydrogen-bond acceptors (Lipinski definition) is 1. The molecule has 0 spiro atoms. The van der Waals surface area contributed by atoms with Crippen LogP contribution in [0.2, 0.25) is 5.02 Å². The predicted molar refractivity (Wildman–Crippen MR) is 110 cm³/mol. The molecule has 2 fully saturated rings. The fourth-order valence-electron chi connectivity index (χ4n) is 6.90. The minimum atomic E-state index is 0.680. The molecule has 2 heterocycles. The number of nitrogens with one attached hydrogen (secondary N) is 1. The van der Waals surface area contributed by atoms with Crippen molar-refractivity contribution in [3.63, 3.8) is 0 Å². The number of halogens is 1. The van der Waals surface area contributed by atoms with E-state index >= 15 is 0 Å². The first kappa shape index (κ1) is 17.1. The number of H-pyrrole nitrogens is 1. The maximum absolute atomic E-state index is 6.58. The molecule has 3 heteroatoms. The summed E-state index contributed by atoms with van der Waals surface area (Å²) in [5.41, 5.74) is 4.36. The molecule has 2 nitrogen and oxygen atoms in total. The molecule has 2 aliphatic carbocycles. The second-order valence-electron chi connectivity index (χ2n) is 8.80. The fourth-order valence-corrected chi connectivity index (χ4v) is 7.12. The highest BCUT2D eigenvalue weighted by Crippen LogP contribution is 2.58. The standard InChI is InChI=1S/C23H31ClN2/c1-3-12-26-13-11-16-20-15(7-6-10-19(20)26)14(4-2)23-21(16)17-8-5-9-18(24)22(17)25-23/h5,8-9,14-16,19-20,25H,3-4,6-7,10-13H2,1-2H3/t14-,15-,16-,19-,20+/m0/s1. The van der Waals surface area contributed by atoms with Gasteiger partial charge in [0.1, 0.15) is 0 Å². The highest BCUT2D eigenvalue weighted by molar-refractivity contribution is 6.35. The van der Waals surface area contributed by atoms with Gasteiger partial charge >= 0.3 is 0 Å². The van der Waals surface area contributed by atoms with Gasteiger partial charge in [-0.3, -0.25) is 0 Å². The molecule has 140 valence electrons. The summed E-state index contributed by atoms with van der Waals surface area (Å²) in [5.74, 6) is 3.10. The Hall–Kier alpha value is -0.990. The summed E-state index contributed by atoms with van der Waals surface area (Å²) in [7, 11) is 0. The SMILES string of the molecule is CCCN1CC[C@@H]2c3c([nH]c4c(Cl)cccc34)[C@@H](CC)[C@@H]3CCC[C@H]1[C@H]32. The molecule has 2 aromatic rings. The summed E-state index contributed by atoms with van der Waals surface area (Å²) < 4.78 is 0. The molecule has 3 aliphatic rings. The van der Waals surface area contributed by atoms with Crippen LogP contribution in [0.15, 0.2) is 18.2 Å². The van der Waals surface area contributed by atoms with Crippen molar-refractivity contribution in [1.29, 1.82) is 0 Å². The Morgan fingerprint density at radius 1 is 1.19 bits per heavy atom. The number of para-hydroxylation sites is 1. The van der Waals surface area contributed by atoms with Crippen molar-refractivity contribution in [2.45, 2.75) is 70.3 Å². The number of fused-ring (bicyclic) bond motifs is 4. The van der Waals surface area contributed by atoms with Crippen LogP contribution in [0.3, 0.4) is 0 Å². The van der Waals surface area contributed by atoms with Crippen LogP contribution in [0, 0.1) is 11.8 Å². The van der Waals surface area contributed by atoms with Crippen molar-refractivity contribution >= 4 is 22.5 Å².